The lowest BCUT2D eigenvalue weighted by atomic mass is 10.1. The first-order valence-corrected chi connectivity index (χ1v) is 6.34. The number of methoxy groups -OCH3 is 1. The Hall–Kier alpha value is -1.41. The van der Waals surface area contributed by atoms with Gasteiger partial charge in [0.2, 0.25) is 0 Å². The predicted molar refractivity (Wildman–Crippen MR) is 70.7 cm³/mol. The number of aliphatic hydroxyl groups is 3. The van der Waals surface area contributed by atoms with E-state index in [1.165, 1.54) is 18.2 Å². The van der Waals surface area contributed by atoms with Crippen LogP contribution in [-0.2, 0) is 9.53 Å². The number of β-amino-alcohol motifs (C(OH)–C–C–N with tert-alkyl or cyclic N) is 1. The van der Waals surface area contributed by atoms with Crippen LogP contribution in [0.25, 0.3) is 0 Å². The minimum Gasteiger partial charge on any atom is -0.478 e. The number of aliphatic carboxylic acids is 1. The number of hydrogen-bond acceptors (Lipinski definition) is 6. The Bertz CT molecular complexity index is 377. The molecule has 7 heteroatoms. The van der Waals surface area contributed by atoms with E-state index in [9.17, 15) is 15.0 Å². The predicted octanol–water partition coefficient (Wildman–Crippen LogP) is -0.707. The van der Waals surface area contributed by atoms with E-state index in [4.69, 9.17) is 14.9 Å². The van der Waals surface area contributed by atoms with Crippen molar-refractivity contribution in [2.75, 3.05) is 20.3 Å². The van der Waals surface area contributed by atoms with Gasteiger partial charge in [-0.05, 0) is 6.20 Å². The Kier molecular flexibility index (Phi) is 6.66. The van der Waals surface area contributed by atoms with Crippen molar-refractivity contribution < 1.29 is 30.0 Å². The van der Waals surface area contributed by atoms with Crippen molar-refractivity contribution in [3.8, 4) is 0 Å². The van der Waals surface area contributed by atoms with Crippen LogP contribution in [-0.4, -0.2) is 69.9 Å². The molecule has 114 valence electrons. The van der Waals surface area contributed by atoms with Crippen LogP contribution in [0, 0.1) is 0 Å². The van der Waals surface area contributed by atoms with Gasteiger partial charge in [0.25, 0.3) is 0 Å². The zero-order chi connectivity index (χ0) is 15.1. The zero-order valence-corrected chi connectivity index (χ0v) is 11.3. The molecule has 0 spiro atoms. The molecule has 1 aliphatic heterocycles. The van der Waals surface area contributed by atoms with Gasteiger partial charge in [-0.1, -0.05) is 6.08 Å². The third kappa shape index (κ3) is 4.93. The molecule has 0 saturated heterocycles. The lowest BCUT2D eigenvalue weighted by Crippen LogP contribution is -2.38. The summed E-state index contributed by atoms with van der Waals surface area (Å²) in [6.45, 7) is -0.177. The van der Waals surface area contributed by atoms with E-state index in [0.717, 1.165) is 0 Å². The first-order chi connectivity index (χ1) is 9.47. The van der Waals surface area contributed by atoms with E-state index in [1.807, 2.05) is 0 Å². The molecule has 1 aliphatic rings. The molecule has 4 N–H and O–H groups in total. The molecule has 0 aromatic rings. The Labute approximate surface area is 117 Å². The van der Waals surface area contributed by atoms with Crippen LogP contribution >= 0.6 is 0 Å². The molecule has 0 saturated carbocycles. The molecule has 1 rings (SSSR count). The van der Waals surface area contributed by atoms with Crippen molar-refractivity contribution in [2.24, 2.45) is 0 Å². The molecule has 0 aromatic heterocycles. The van der Waals surface area contributed by atoms with E-state index in [2.05, 4.69) is 0 Å². The maximum atomic E-state index is 10.9. The monoisotopic (exact) mass is 287 g/mol. The lowest BCUT2D eigenvalue weighted by Gasteiger charge is -2.27. The molecule has 3 atom stereocenters. The topological polar surface area (TPSA) is 110 Å². The van der Waals surface area contributed by atoms with Gasteiger partial charge in [0.1, 0.15) is 0 Å². The number of hydrogen-bond donors (Lipinski definition) is 4. The van der Waals surface area contributed by atoms with Crippen molar-refractivity contribution in [3.63, 3.8) is 0 Å². The van der Waals surface area contributed by atoms with Crippen LogP contribution in [0.3, 0.4) is 0 Å². The van der Waals surface area contributed by atoms with Gasteiger partial charge in [-0.15, -0.1) is 0 Å². The number of carboxylic acids is 1. The smallest absolute Gasteiger partial charge is 0.333 e. The normalized spacial score (nSPS) is 19.4. The summed E-state index contributed by atoms with van der Waals surface area (Å²) < 4.78 is 4.92. The first kappa shape index (κ1) is 16.6. The highest BCUT2D eigenvalue weighted by molar-refractivity contribution is 5.87. The van der Waals surface area contributed by atoms with Crippen molar-refractivity contribution in [2.45, 2.75) is 31.2 Å². The Morgan fingerprint density at radius 1 is 1.45 bits per heavy atom. The highest BCUT2D eigenvalue weighted by atomic mass is 16.5. The summed E-state index contributed by atoms with van der Waals surface area (Å²) in [6.07, 6.45) is 2.51. The van der Waals surface area contributed by atoms with Crippen LogP contribution in [0.5, 0.6) is 0 Å². The number of ether oxygens (including phenoxy) is 1. The molecular formula is C13H21NO6. The second-order valence-electron chi connectivity index (χ2n) is 4.66. The Balaban J connectivity index is 2.52. The number of rotatable bonds is 8. The van der Waals surface area contributed by atoms with Gasteiger partial charge in [0, 0.05) is 26.2 Å². The van der Waals surface area contributed by atoms with Gasteiger partial charge in [0.05, 0.1) is 37.0 Å². The van der Waals surface area contributed by atoms with Gasteiger partial charge in [-0.2, -0.15) is 0 Å². The van der Waals surface area contributed by atoms with Crippen molar-refractivity contribution >= 4 is 5.97 Å². The fraction of sp³-hybridized carbons (Fsp3) is 0.615. The minimum absolute atomic E-state index is 0.0658. The van der Waals surface area contributed by atoms with Crippen LogP contribution in [0.4, 0.5) is 0 Å². The van der Waals surface area contributed by atoms with Gasteiger partial charge in [0.15, 0.2) is 0 Å². The van der Waals surface area contributed by atoms with E-state index in [1.54, 1.807) is 12.3 Å². The standard InChI is InChI=1S/C13H21NO6/c1-20-10(8-15)5-11(16)12(17)7-14-4-2-3-9(6-14)13(18)19/h2,4,6,10-12,15-17H,3,5,7-8H2,1H3,(H,18,19)/t10?,11-,12+/m0/s1. The van der Waals surface area contributed by atoms with E-state index in [0.29, 0.717) is 6.42 Å². The maximum absolute atomic E-state index is 10.9. The molecule has 1 heterocycles. The summed E-state index contributed by atoms with van der Waals surface area (Å²) >= 11 is 0. The van der Waals surface area contributed by atoms with Crippen LogP contribution in [0.1, 0.15) is 12.8 Å². The van der Waals surface area contributed by atoms with E-state index < -0.39 is 24.3 Å². The number of nitrogens with zero attached hydrogens (tertiary/aromatic N) is 1. The van der Waals surface area contributed by atoms with Crippen molar-refractivity contribution in [1.29, 1.82) is 0 Å². The third-order valence-corrected chi connectivity index (χ3v) is 3.11. The summed E-state index contributed by atoms with van der Waals surface area (Å²) in [4.78, 5) is 12.4. The highest BCUT2D eigenvalue weighted by Crippen LogP contribution is 2.14. The first-order valence-electron chi connectivity index (χ1n) is 6.34. The molecule has 0 aliphatic carbocycles. The van der Waals surface area contributed by atoms with Crippen LogP contribution < -0.4 is 0 Å². The average Bonchev–Trinajstić information content (AvgIpc) is 2.44. The Morgan fingerprint density at radius 2 is 2.15 bits per heavy atom. The molecule has 1 unspecified atom stereocenters. The van der Waals surface area contributed by atoms with Gasteiger partial charge in [-0.25, -0.2) is 4.79 Å². The molecule has 0 amide bonds. The second kappa shape index (κ2) is 8.01. The van der Waals surface area contributed by atoms with Gasteiger partial charge < -0.3 is 30.1 Å². The van der Waals surface area contributed by atoms with Crippen molar-refractivity contribution in [1.82, 2.24) is 4.90 Å². The molecule has 0 radical (unpaired) electrons. The summed E-state index contributed by atoms with van der Waals surface area (Å²) in [5.41, 5.74) is 0.222. The van der Waals surface area contributed by atoms with Crippen LogP contribution in [0.15, 0.2) is 24.0 Å². The molecule has 7 nitrogen and oxygen atoms in total. The number of carbonyl (C=O) groups is 1. The molecule has 0 bridgehead atoms. The number of allylic oxidation sites excluding steroid dienone is 1. The fourth-order valence-corrected chi connectivity index (χ4v) is 1.88. The minimum atomic E-state index is -1.08. The van der Waals surface area contributed by atoms with Gasteiger partial charge >= 0.3 is 5.97 Å². The second-order valence-corrected chi connectivity index (χ2v) is 4.66. The summed E-state index contributed by atoms with van der Waals surface area (Å²) in [7, 11) is 1.41. The highest BCUT2D eigenvalue weighted by Gasteiger charge is 2.23. The van der Waals surface area contributed by atoms with E-state index in [-0.39, 0.29) is 25.1 Å². The molecule has 0 aromatic carbocycles. The SMILES string of the molecule is COC(CO)C[C@H](O)[C@H](O)CN1C=CCC(C(=O)O)=C1. The maximum Gasteiger partial charge on any atom is 0.333 e. The van der Waals surface area contributed by atoms with Crippen molar-refractivity contribution in [3.05, 3.63) is 24.0 Å². The Morgan fingerprint density at radius 3 is 2.70 bits per heavy atom. The van der Waals surface area contributed by atoms with Crippen LogP contribution in [0.2, 0.25) is 0 Å². The number of carboxylic acid groups (broad SMARTS) is 1. The lowest BCUT2D eigenvalue weighted by molar-refractivity contribution is -0.132. The quantitative estimate of drug-likeness (QED) is 0.467. The third-order valence-electron chi connectivity index (χ3n) is 3.11. The zero-order valence-electron chi connectivity index (χ0n) is 11.3. The van der Waals surface area contributed by atoms with E-state index >= 15 is 0 Å². The summed E-state index contributed by atoms with van der Waals surface area (Å²) in [5, 5.41) is 37.6. The molecule has 20 heavy (non-hydrogen) atoms. The van der Waals surface area contributed by atoms with Gasteiger partial charge in [-0.3, -0.25) is 0 Å². The summed E-state index contributed by atoms with van der Waals surface area (Å²) in [6, 6.07) is 0. The molecular weight excluding hydrogens is 266 g/mol. The summed E-state index contributed by atoms with van der Waals surface area (Å²) in [5.74, 6) is -1.01. The largest absolute Gasteiger partial charge is 0.478 e. The number of aliphatic hydroxyl groups excluding tert-OH is 3. The molecule has 0 fully saturated rings. The fourth-order valence-electron chi connectivity index (χ4n) is 1.88. The average molecular weight is 287 g/mol.